The number of phenolic OH excluding ortho intramolecular Hbond substituents is 1. The van der Waals surface area contributed by atoms with Gasteiger partial charge in [-0.3, -0.25) is 19.7 Å². The standard InChI is InChI=1S/C20H19N3O3/c1-12-7-9-15(10-8-12)23-20(26)17(13(2)22-23)11-21-19-16(14(3)24)5-4-6-18(19)25/h4-11,22,25H,1-3H3. The maximum atomic E-state index is 12.7. The van der Waals surface area contributed by atoms with Crippen LogP contribution in [0.4, 0.5) is 5.69 Å². The largest absolute Gasteiger partial charge is 0.506 e. The molecule has 0 bridgehead atoms. The first-order chi connectivity index (χ1) is 12.4. The summed E-state index contributed by atoms with van der Waals surface area (Å²) in [6.45, 7) is 5.15. The molecule has 0 amide bonds. The zero-order valence-electron chi connectivity index (χ0n) is 14.8. The smallest absolute Gasteiger partial charge is 0.280 e. The Bertz CT molecular complexity index is 1060. The molecular weight excluding hydrogens is 330 g/mol. The van der Waals surface area contributed by atoms with Crippen LogP contribution in [-0.4, -0.2) is 26.9 Å². The minimum Gasteiger partial charge on any atom is -0.506 e. The molecule has 0 spiro atoms. The van der Waals surface area contributed by atoms with Gasteiger partial charge in [0.25, 0.3) is 5.56 Å². The minimum absolute atomic E-state index is 0.110. The van der Waals surface area contributed by atoms with Crippen molar-refractivity contribution in [1.82, 2.24) is 9.78 Å². The molecule has 0 aliphatic rings. The van der Waals surface area contributed by atoms with E-state index < -0.39 is 0 Å². The lowest BCUT2D eigenvalue weighted by Crippen LogP contribution is -2.17. The number of nitrogens with one attached hydrogen (secondary N) is 1. The Labute approximate surface area is 150 Å². The van der Waals surface area contributed by atoms with Gasteiger partial charge < -0.3 is 5.11 Å². The van der Waals surface area contributed by atoms with Gasteiger partial charge in [-0.15, -0.1) is 0 Å². The van der Waals surface area contributed by atoms with Gasteiger partial charge in [-0.05, 0) is 45.0 Å². The van der Waals surface area contributed by atoms with E-state index in [1.807, 2.05) is 31.2 Å². The monoisotopic (exact) mass is 349 g/mol. The van der Waals surface area contributed by atoms with Gasteiger partial charge in [0.15, 0.2) is 5.78 Å². The van der Waals surface area contributed by atoms with Crippen molar-refractivity contribution in [3.05, 3.63) is 75.2 Å². The van der Waals surface area contributed by atoms with Crippen molar-refractivity contribution >= 4 is 17.7 Å². The summed E-state index contributed by atoms with van der Waals surface area (Å²) in [5.74, 6) is -0.322. The summed E-state index contributed by atoms with van der Waals surface area (Å²) in [6, 6.07) is 12.2. The fourth-order valence-corrected chi connectivity index (χ4v) is 2.67. The molecule has 0 aliphatic carbocycles. The quantitative estimate of drug-likeness (QED) is 0.559. The zero-order valence-corrected chi connectivity index (χ0v) is 14.8. The van der Waals surface area contributed by atoms with Gasteiger partial charge in [0.1, 0.15) is 11.4 Å². The molecule has 2 N–H and O–H groups in total. The average Bonchev–Trinajstić information content (AvgIpc) is 2.88. The number of phenols is 1. The van der Waals surface area contributed by atoms with Gasteiger partial charge in [-0.25, -0.2) is 4.68 Å². The number of Topliss-reactive ketones (excluding diaryl/α,β-unsaturated/α-hetero) is 1. The van der Waals surface area contributed by atoms with Crippen LogP contribution in [0.15, 0.2) is 52.3 Å². The molecule has 3 aromatic rings. The van der Waals surface area contributed by atoms with Crippen molar-refractivity contribution in [1.29, 1.82) is 0 Å². The van der Waals surface area contributed by atoms with Crippen LogP contribution in [0.5, 0.6) is 5.75 Å². The van der Waals surface area contributed by atoms with E-state index in [4.69, 9.17) is 0 Å². The maximum Gasteiger partial charge on any atom is 0.280 e. The predicted molar refractivity (Wildman–Crippen MR) is 101 cm³/mol. The van der Waals surface area contributed by atoms with E-state index in [2.05, 4.69) is 10.1 Å². The number of aromatic hydroxyl groups is 1. The third-order valence-corrected chi connectivity index (χ3v) is 4.13. The van der Waals surface area contributed by atoms with Crippen molar-refractivity contribution in [2.24, 2.45) is 4.99 Å². The molecule has 0 aliphatic heterocycles. The highest BCUT2D eigenvalue weighted by atomic mass is 16.3. The Balaban J connectivity index is 2.05. The molecule has 6 heteroatoms. The number of carbonyl (C=O) groups excluding carboxylic acids is 1. The second kappa shape index (κ2) is 6.84. The van der Waals surface area contributed by atoms with E-state index >= 15 is 0 Å². The summed E-state index contributed by atoms with van der Waals surface area (Å²) in [6.07, 6.45) is 1.38. The molecule has 0 unspecified atom stereocenters. The summed E-state index contributed by atoms with van der Waals surface area (Å²) < 4.78 is 1.44. The second-order valence-corrected chi connectivity index (χ2v) is 6.11. The molecule has 6 nitrogen and oxygen atoms in total. The molecule has 1 aromatic heterocycles. The summed E-state index contributed by atoms with van der Waals surface area (Å²) in [7, 11) is 0. The Hall–Kier alpha value is -3.41. The fourth-order valence-electron chi connectivity index (χ4n) is 2.67. The first kappa shape index (κ1) is 17.4. The number of hydrogen-bond donors (Lipinski definition) is 2. The molecule has 0 atom stereocenters. The Morgan fingerprint density at radius 3 is 2.50 bits per heavy atom. The van der Waals surface area contributed by atoms with Crippen molar-refractivity contribution in [3.8, 4) is 11.4 Å². The van der Waals surface area contributed by atoms with Gasteiger partial charge in [-0.1, -0.05) is 23.8 Å². The number of hydrogen-bond acceptors (Lipinski definition) is 4. The molecule has 26 heavy (non-hydrogen) atoms. The lowest BCUT2D eigenvalue weighted by atomic mass is 10.1. The van der Waals surface area contributed by atoms with E-state index in [9.17, 15) is 14.7 Å². The Morgan fingerprint density at radius 1 is 1.15 bits per heavy atom. The minimum atomic E-state index is -0.255. The van der Waals surface area contributed by atoms with Crippen LogP contribution in [0.25, 0.3) is 5.69 Å². The number of para-hydroxylation sites is 1. The van der Waals surface area contributed by atoms with E-state index in [-0.39, 0.29) is 22.8 Å². The van der Waals surface area contributed by atoms with E-state index in [1.165, 1.54) is 23.9 Å². The summed E-state index contributed by atoms with van der Waals surface area (Å²) >= 11 is 0. The number of aliphatic imine (C=N–C) groups is 1. The van der Waals surface area contributed by atoms with E-state index in [0.717, 1.165) is 11.3 Å². The number of rotatable bonds is 4. The number of benzene rings is 2. The molecule has 2 aromatic carbocycles. The molecule has 1 heterocycles. The zero-order chi connectivity index (χ0) is 18.8. The van der Waals surface area contributed by atoms with Gasteiger partial charge in [0.2, 0.25) is 0 Å². The van der Waals surface area contributed by atoms with Crippen LogP contribution in [0.2, 0.25) is 0 Å². The number of nitrogens with zero attached hydrogens (tertiary/aromatic N) is 2. The lowest BCUT2D eigenvalue weighted by molar-refractivity contribution is 0.101. The number of ketones is 1. The van der Waals surface area contributed by atoms with Gasteiger partial charge in [0, 0.05) is 17.5 Å². The van der Waals surface area contributed by atoms with Crippen molar-refractivity contribution in [2.45, 2.75) is 20.8 Å². The van der Waals surface area contributed by atoms with Crippen LogP contribution in [0.3, 0.4) is 0 Å². The third kappa shape index (κ3) is 3.21. The van der Waals surface area contributed by atoms with E-state index in [0.29, 0.717) is 16.8 Å². The van der Waals surface area contributed by atoms with Gasteiger partial charge in [0.05, 0.1) is 11.3 Å². The highest BCUT2D eigenvalue weighted by Gasteiger charge is 2.13. The maximum absolute atomic E-state index is 12.7. The van der Waals surface area contributed by atoms with Gasteiger partial charge in [-0.2, -0.15) is 0 Å². The average molecular weight is 349 g/mol. The molecule has 3 rings (SSSR count). The van der Waals surface area contributed by atoms with E-state index in [1.54, 1.807) is 19.1 Å². The number of aryl methyl sites for hydroxylation is 2. The van der Waals surface area contributed by atoms with Crippen molar-refractivity contribution < 1.29 is 9.90 Å². The number of aromatic amines is 1. The fraction of sp³-hybridized carbons (Fsp3) is 0.150. The highest BCUT2D eigenvalue weighted by Crippen LogP contribution is 2.30. The molecule has 0 saturated heterocycles. The van der Waals surface area contributed by atoms with Gasteiger partial charge >= 0.3 is 0 Å². The van der Waals surface area contributed by atoms with Crippen molar-refractivity contribution in [3.63, 3.8) is 0 Å². The molecule has 0 fully saturated rings. The van der Waals surface area contributed by atoms with Crippen LogP contribution in [-0.2, 0) is 0 Å². The topological polar surface area (TPSA) is 87.4 Å². The first-order valence-electron chi connectivity index (χ1n) is 8.14. The van der Waals surface area contributed by atoms with Crippen LogP contribution >= 0.6 is 0 Å². The molecular formula is C20H19N3O3. The SMILES string of the molecule is CC(=O)c1cccc(O)c1N=Cc1c(C)[nH]n(-c2ccc(C)cc2)c1=O. The van der Waals surface area contributed by atoms with Crippen LogP contribution in [0, 0.1) is 13.8 Å². The normalized spacial score (nSPS) is 11.2. The summed E-state index contributed by atoms with van der Waals surface area (Å²) in [5, 5.41) is 13.0. The number of H-pyrrole nitrogens is 1. The number of aromatic nitrogens is 2. The predicted octanol–water partition coefficient (Wildman–Crippen LogP) is 3.44. The lowest BCUT2D eigenvalue weighted by Gasteiger charge is -2.03. The molecule has 0 saturated carbocycles. The first-order valence-corrected chi connectivity index (χ1v) is 8.14. The second-order valence-electron chi connectivity index (χ2n) is 6.11. The summed E-state index contributed by atoms with van der Waals surface area (Å²) in [4.78, 5) is 28.6. The summed E-state index contributed by atoms with van der Waals surface area (Å²) in [5.41, 5.74) is 3.02. The third-order valence-electron chi connectivity index (χ3n) is 4.13. The van der Waals surface area contributed by atoms with Crippen LogP contribution < -0.4 is 5.56 Å². The van der Waals surface area contributed by atoms with Crippen LogP contribution in [0.1, 0.15) is 34.1 Å². The highest BCUT2D eigenvalue weighted by molar-refractivity contribution is 6.01. The van der Waals surface area contributed by atoms with Crippen molar-refractivity contribution in [2.75, 3.05) is 0 Å². The molecule has 132 valence electrons. The Kier molecular flexibility index (Phi) is 4.58. The number of carbonyl (C=O) groups is 1. The Morgan fingerprint density at radius 2 is 1.85 bits per heavy atom. The molecule has 0 radical (unpaired) electrons.